The maximum Gasteiger partial charge on any atom is 0.250 e. The normalized spacial score (nSPS) is 28.5. The third kappa shape index (κ3) is 1.67. The van der Waals surface area contributed by atoms with Crippen LogP contribution in [0.25, 0.3) is 11.0 Å². The molecule has 0 unspecified atom stereocenters. The number of likely N-dealkylation sites (tertiary alicyclic amines) is 1. The number of para-hydroxylation sites is 1. The quantitative estimate of drug-likeness (QED) is 0.905. The second-order valence-electron chi connectivity index (χ2n) is 6.33. The predicted molar refractivity (Wildman–Crippen MR) is 80.9 cm³/mol. The van der Waals surface area contributed by atoms with Gasteiger partial charge >= 0.3 is 0 Å². The fraction of sp³-hybridized carbons (Fsp3) is 0.500. The highest BCUT2D eigenvalue weighted by molar-refractivity contribution is 6.04. The molecule has 110 valence electrons. The third-order valence-electron chi connectivity index (χ3n) is 5.28. The first-order chi connectivity index (χ1) is 10.1. The number of hydrogen-bond donors (Lipinski definition) is 2. The van der Waals surface area contributed by atoms with Gasteiger partial charge in [-0.1, -0.05) is 13.0 Å². The third-order valence-corrected chi connectivity index (χ3v) is 5.28. The zero-order valence-corrected chi connectivity index (χ0v) is 12.2. The number of rotatable bonds is 3. The highest BCUT2D eigenvalue weighted by atomic mass is 16.1. The predicted octanol–water partition coefficient (Wildman–Crippen LogP) is 1.99. The minimum atomic E-state index is -0.417. The lowest BCUT2D eigenvalue weighted by Gasteiger charge is -2.36. The first kappa shape index (κ1) is 12.8. The Kier molecular flexibility index (Phi) is 2.63. The van der Waals surface area contributed by atoms with Gasteiger partial charge in [-0.2, -0.15) is 0 Å². The maximum absolute atomic E-state index is 11.6. The van der Waals surface area contributed by atoms with Gasteiger partial charge in [0.05, 0.1) is 16.6 Å². The molecule has 0 radical (unpaired) electrons. The first-order valence-corrected chi connectivity index (χ1v) is 7.68. The number of imidazole rings is 1. The monoisotopic (exact) mass is 284 g/mol. The van der Waals surface area contributed by atoms with Crippen LogP contribution in [0.4, 0.5) is 0 Å². The zero-order valence-electron chi connectivity index (χ0n) is 12.2. The molecule has 1 aromatic carbocycles. The van der Waals surface area contributed by atoms with E-state index in [-0.39, 0.29) is 5.54 Å². The number of piperidine rings is 1. The fourth-order valence-electron chi connectivity index (χ4n) is 4.30. The van der Waals surface area contributed by atoms with Crippen molar-refractivity contribution in [3.8, 4) is 0 Å². The van der Waals surface area contributed by atoms with Crippen LogP contribution >= 0.6 is 0 Å². The Bertz CT molecular complexity index is 722. The summed E-state index contributed by atoms with van der Waals surface area (Å²) in [5.74, 6) is 1.38. The van der Waals surface area contributed by atoms with Crippen LogP contribution in [0.1, 0.15) is 42.4 Å². The van der Waals surface area contributed by atoms with Crippen molar-refractivity contribution in [3.63, 3.8) is 0 Å². The summed E-state index contributed by atoms with van der Waals surface area (Å²) >= 11 is 0. The van der Waals surface area contributed by atoms with Crippen LogP contribution < -0.4 is 5.73 Å². The summed E-state index contributed by atoms with van der Waals surface area (Å²) < 4.78 is 0. The molecule has 2 heterocycles. The van der Waals surface area contributed by atoms with Crippen molar-refractivity contribution in [2.75, 3.05) is 13.1 Å². The summed E-state index contributed by atoms with van der Waals surface area (Å²) in [4.78, 5) is 22.4. The minimum absolute atomic E-state index is 0.0351. The second-order valence-corrected chi connectivity index (χ2v) is 6.33. The lowest BCUT2D eigenvalue weighted by atomic mass is 9.96. The van der Waals surface area contributed by atoms with Gasteiger partial charge in [0.15, 0.2) is 0 Å². The molecule has 2 fully saturated rings. The number of amides is 1. The van der Waals surface area contributed by atoms with Crippen LogP contribution in [-0.4, -0.2) is 33.9 Å². The van der Waals surface area contributed by atoms with E-state index in [0.717, 1.165) is 36.8 Å². The van der Waals surface area contributed by atoms with Gasteiger partial charge in [0.1, 0.15) is 11.3 Å². The Morgan fingerprint density at radius 1 is 1.57 bits per heavy atom. The van der Waals surface area contributed by atoms with E-state index >= 15 is 0 Å². The first-order valence-electron chi connectivity index (χ1n) is 7.68. The van der Waals surface area contributed by atoms with Crippen LogP contribution in [0.15, 0.2) is 18.2 Å². The van der Waals surface area contributed by atoms with Gasteiger partial charge in [0, 0.05) is 6.54 Å². The highest BCUT2D eigenvalue weighted by Crippen LogP contribution is 2.52. The van der Waals surface area contributed by atoms with Crippen LogP contribution in [0, 0.1) is 5.92 Å². The van der Waals surface area contributed by atoms with Gasteiger partial charge in [-0.3, -0.25) is 9.69 Å². The molecular weight excluding hydrogens is 264 g/mol. The van der Waals surface area contributed by atoms with Gasteiger partial charge in [-0.05, 0) is 43.9 Å². The van der Waals surface area contributed by atoms with E-state index in [1.54, 1.807) is 6.07 Å². The van der Waals surface area contributed by atoms with E-state index in [1.807, 2.05) is 12.1 Å². The maximum atomic E-state index is 11.6. The van der Waals surface area contributed by atoms with E-state index in [0.29, 0.717) is 11.1 Å². The number of hydrogen-bond acceptors (Lipinski definition) is 3. The number of benzene rings is 1. The van der Waals surface area contributed by atoms with Crippen molar-refractivity contribution >= 4 is 16.9 Å². The standard InChI is InChI=1S/C16H20N4O/c1-2-20-9-10-6-7-16(20,8-10)15-18-12-5-3-4-11(14(17)21)13(12)19-15/h3-5,10H,2,6-9H2,1H3,(H2,17,21)(H,18,19)/t10-,16+/m1/s1. The van der Waals surface area contributed by atoms with Gasteiger partial charge in [0.2, 0.25) is 0 Å². The Labute approximate surface area is 123 Å². The summed E-state index contributed by atoms with van der Waals surface area (Å²) in [7, 11) is 0. The molecule has 1 amide bonds. The van der Waals surface area contributed by atoms with Gasteiger partial charge < -0.3 is 10.7 Å². The molecule has 1 aliphatic carbocycles. The average Bonchev–Trinajstić information content (AvgIpc) is 3.17. The van der Waals surface area contributed by atoms with Gasteiger partial charge in [-0.25, -0.2) is 4.98 Å². The van der Waals surface area contributed by atoms with Crippen molar-refractivity contribution < 1.29 is 4.79 Å². The molecular formula is C16H20N4O. The Hall–Kier alpha value is -1.88. The molecule has 2 aromatic rings. The van der Waals surface area contributed by atoms with Crippen molar-refractivity contribution in [2.45, 2.75) is 31.7 Å². The molecule has 5 nitrogen and oxygen atoms in total. The summed E-state index contributed by atoms with van der Waals surface area (Å²) in [5, 5.41) is 0. The molecule has 2 atom stereocenters. The molecule has 2 aliphatic rings. The molecule has 3 N–H and O–H groups in total. The van der Waals surface area contributed by atoms with Crippen molar-refractivity contribution in [2.24, 2.45) is 11.7 Å². The number of aromatic nitrogens is 2. The Morgan fingerprint density at radius 2 is 2.43 bits per heavy atom. The molecule has 2 bridgehead atoms. The number of nitrogens with one attached hydrogen (secondary N) is 1. The van der Waals surface area contributed by atoms with E-state index in [9.17, 15) is 4.79 Å². The molecule has 0 spiro atoms. The minimum Gasteiger partial charge on any atom is -0.366 e. The topological polar surface area (TPSA) is 75.0 Å². The van der Waals surface area contributed by atoms with Crippen LogP contribution in [0.2, 0.25) is 0 Å². The lowest BCUT2D eigenvalue weighted by molar-refractivity contribution is 0.100. The van der Waals surface area contributed by atoms with E-state index in [4.69, 9.17) is 10.7 Å². The number of aromatic amines is 1. The highest BCUT2D eigenvalue weighted by Gasteiger charge is 2.52. The fourth-order valence-corrected chi connectivity index (χ4v) is 4.30. The number of carbonyl (C=O) groups excluding carboxylic acids is 1. The van der Waals surface area contributed by atoms with Gasteiger partial charge in [-0.15, -0.1) is 0 Å². The van der Waals surface area contributed by atoms with Crippen LogP contribution in [0.5, 0.6) is 0 Å². The molecule has 21 heavy (non-hydrogen) atoms. The number of nitrogens with two attached hydrogens (primary N) is 1. The molecule has 1 aliphatic heterocycles. The lowest BCUT2D eigenvalue weighted by Crippen LogP contribution is -2.42. The van der Waals surface area contributed by atoms with E-state index in [1.165, 1.54) is 12.8 Å². The summed E-state index contributed by atoms with van der Waals surface area (Å²) in [6.45, 7) is 4.41. The van der Waals surface area contributed by atoms with Crippen LogP contribution in [0.3, 0.4) is 0 Å². The number of carbonyl (C=O) groups is 1. The molecule has 1 saturated carbocycles. The van der Waals surface area contributed by atoms with E-state index < -0.39 is 5.91 Å². The Morgan fingerprint density at radius 3 is 3.14 bits per heavy atom. The summed E-state index contributed by atoms with van der Waals surface area (Å²) in [6.07, 6.45) is 3.60. The summed E-state index contributed by atoms with van der Waals surface area (Å²) in [6, 6.07) is 5.56. The molecule has 1 saturated heterocycles. The van der Waals surface area contributed by atoms with E-state index in [2.05, 4.69) is 16.8 Å². The van der Waals surface area contributed by atoms with Crippen molar-refractivity contribution in [3.05, 3.63) is 29.6 Å². The van der Waals surface area contributed by atoms with Crippen molar-refractivity contribution in [1.82, 2.24) is 14.9 Å². The second kappa shape index (κ2) is 4.31. The number of H-pyrrole nitrogens is 1. The Balaban J connectivity index is 1.88. The molecule has 1 aromatic heterocycles. The average molecular weight is 284 g/mol. The van der Waals surface area contributed by atoms with Crippen molar-refractivity contribution in [1.29, 1.82) is 0 Å². The number of primary amides is 1. The SMILES string of the molecule is CCN1C[C@@H]2CC[C@@]1(c1nc3c(C(N)=O)cccc3[nH]1)C2. The molecule has 4 rings (SSSR count). The molecule has 5 heteroatoms. The number of nitrogens with zero attached hydrogens (tertiary/aromatic N) is 2. The van der Waals surface area contributed by atoms with Gasteiger partial charge in [0.25, 0.3) is 5.91 Å². The summed E-state index contributed by atoms with van der Waals surface area (Å²) in [5.41, 5.74) is 7.62. The van der Waals surface area contributed by atoms with Crippen LogP contribution in [-0.2, 0) is 5.54 Å². The number of fused-ring (bicyclic) bond motifs is 3. The smallest absolute Gasteiger partial charge is 0.250 e. The zero-order chi connectivity index (χ0) is 14.6. The largest absolute Gasteiger partial charge is 0.366 e.